The minimum atomic E-state index is 0.499. The summed E-state index contributed by atoms with van der Waals surface area (Å²) in [4.78, 5) is 10.6. The molecule has 1 aromatic carbocycles. The second-order valence-electron chi connectivity index (χ2n) is 2.82. The van der Waals surface area contributed by atoms with Gasteiger partial charge in [-0.25, -0.2) is 0 Å². The Morgan fingerprint density at radius 1 is 1.36 bits per heavy atom. The second kappa shape index (κ2) is 5.18. The number of carbonyl (C=O) groups is 1. The highest BCUT2D eigenvalue weighted by molar-refractivity contribution is 6.50. The van der Waals surface area contributed by atoms with Crippen molar-refractivity contribution in [3.05, 3.63) is 40.4 Å². The fourth-order valence-corrected chi connectivity index (χ4v) is 1.50. The highest BCUT2D eigenvalue weighted by Crippen LogP contribution is 2.24. The quantitative estimate of drug-likeness (QED) is 0.567. The van der Waals surface area contributed by atoms with Crippen LogP contribution in [0.1, 0.15) is 18.9 Å². The molecular weight excluding hydrogens is 219 g/mol. The Morgan fingerprint density at radius 3 is 2.36 bits per heavy atom. The van der Waals surface area contributed by atoms with Crippen molar-refractivity contribution in [3.63, 3.8) is 0 Å². The van der Waals surface area contributed by atoms with Crippen molar-refractivity contribution in [1.82, 2.24) is 0 Å². The lowest BCUT2D eigenvalue weighted by Gasteiger charge is -2.02. The highest BCUT2D eigenvalue weighted by atomic mass is 35.5. The van der Waals surface area contributed by atoms with Crippen LogP contribution in [0.3, 0.4) is 0 Å². The van der Waals surface area contributed by atoms with Crippen molar-refractivity contribution >= 4 is 34.5 Å². The first-order valence-electron chi connectivity index (χ1n) is 4.28. The van der Waals surface area contributed by atoms with E-state index in [-0.39, 0.29) is 0 Å². The van der Waals surface area contributed by atoms with E-state index in [2.05, 4.69) is 0 Å². The van der Waals surface area contributed by atoms with Crippen LogP contribution < -0.4 is 0 Å². The molecule has 0 saturated heterocycles. The van der Waals surface area contributed by atoms with E-state index in [1.54, 1.807) is 24.3 Å². The number of benzene rings is 1. The van der Waals surface area contributed by atoms with Crippen LogP contribution in [-0.4, -0.2) is 6.29 Å². The first-order valence-corrected chi connectivity index (χ1v) is 5.04. The Bertz CT molecular complexity index is 352. The Hall–Kier alpha value is -0.790. The van der Waals surface area contributed by atoms with Crippen LogP contribution >= 0.6 is 23.2 Å². The molecule has 1 aromatic rings. The molecule has 0 spiro atoms. The summed E-state index contributed by atoms with van der Waals surface area (Å²) in [5.74, 6) is 0. The van der Waals surface area contributed by atoms with Crippen LogP contribution in [0.25, 0.3) is 5.03 Å². The van der Waals surface area contributed by atoms with Gasteiger partial charge in [0.2, 0.25) is 0 Å². The van der Waals surface area contributed by atoms with Gasteiger partial charge in [0.25, 0.3) is 0 Å². The van der Waals surface area contributed by atoms with E-state index >= 15 is 0 Å². The van der Waals surface area contributed by atoms with Gasteiger partial charge in [0.05, 0.1) is 5.03 Å². The minimum Gasteiger partial charge on any atom is -0.298 e. The zero-order valence-electron chi connectivity index (χ0n) is 7.76. The molecule has 0 saturated carbocycles. The maximum absolute atomic E-state index is 10.6. The van der Waals surface area contributed by atoms with Gasteiger partial charge in [-0.05, 0) is 24.1 Å². The average Bonchev–Trinajstić information content (AvgIpc) is 2.20. The molecule has 0 radical (unpaired) electrons. The molecule has 0 aliphatic rings. The van der Waals surface area contributed by atoms with Crippen LogP contribution in [0, 0.1) is 0 Å². The van der Waals surface area contributed by atoms with Gasteiger partial charge in [-0.15, -0.1) is 0 Å². The molecule has 0 N–H and O–H groups in total. The van der Waals surface area contributed by atoms with Gasteiger partial charge in [-0.3, -0.25) is 4.79 Å². The summed E-state index contributed by atoms with van der Waals surface area (Å²) in [6.07, 6.45) is 1.42. The Balaban J connectivity index is 3.10. The minimum absolute atomic E-state index is 0.499. The molecule has 0 aliphatic heterocycles. The summed E-state index contributed by atoms with van der Waals surface area (Å²) >= 11 is 11.8. The molecule has 0 amide bonds. The van der Waals surface area contributed by atoms with Crippen molar-refractivity contribution in [2.75, 3.05) is 0 Å². The molecule has 3 heteroatoms. The van der Waals surface area contributed by atoms with E-state index < -0.39 is 0 Å². The lowest BCUT2D eigenvalue weighted by atomic mass is 10.1. The summed E-state index contributed by atoms with van der Waals surface area (Å²) in [6.45, 7) is 1.89. The van der Waals surface area contributed by atoms with Crippen molar-refractivity contribution in [2.45, 2.75) is 13.3 Å². The summed E-state index contributed by atoms with van der Waals surface area (Å²) in [5, 5.41) is 1.15. The van der Waals surface area contributed by atoms with Crippen molar-refractivity contribution in [2.24, 2.45) is 0 Å². The largest absolute Gasteiger partial charge is 0.298 e. The summed E-state index contributed by atoms with van der Waals surface area (Å²) in [6, 6.07) is 7.09. The van der Waals surface area contributed by atoms with Crippen LogP contribution in [0.4, 0.5) is 0 Å². The third-order valence-electron chi connectivity index (χ3n) is 1.90. The van der Waals surface area contributed by atoms with Crippen LogP contribution in [0.15, 0.2) is 29.8 Å². The van der Waals surface area contributed by atoms with Gasteiger partial charge in [0.15, 0.2) is 0 Å². The van der Waals surface area contributed by atoms with E-state index in [9.17, 15) is 4.79 Å². The molecule has 0 bridgehead atoms. The lowest BCUT2D eigenvalue weighted by molar-refractivity contribution is -0.104. The highest BCUT2D eigenvalue weighted by Gasteiger charge is 2.04. The van der Waals surface area contributed by atoms with Crippen LogP contribution in [-0.2, 0) is 4.79 Å². The predicted molar refractivity (Wildman–Crippen MR) is 60.6 cm³/mol. The van der Waals surface area contributed by atoms with Crippen LogP contribution in [0.2, 0.25) is 5.02 Å². The Labute approximate surface area is 93.3 Å². The van der Waals surface area contributed by atoms with Crippen molar-refractivity contribution in [3.8, 4) is 0 Å². The number of carbonyl (C=O) groups excluding carboxylic acids is 1. The number of rotatable bonds is 3. The predicted octanol–water partition coefficient (Wildman–Crippen LogP) is 3.90. The van der Waals surface area contributed by atoms with E-state index in [0.717, 1.165) is 11.8 Å². The summed E-state index contributed by atoms with van der Waals surface area (Å²) < 4.78 is 0. The normalized spacial score (nSPS) is 12.2. The molecule has 74 valence electrons. The fraction of sp³-hybridized carbons (Fsp3) is 0.182. The van der Waals surface area contributed by atoms with Gasteiger partial charge in [0.1, 0.15) is 6.29 Å². The van der Waals surface area contributed by atoms with Crippen molar-refractivity contribution in [1.29, 1.82) is 0 Å². The second-order valence-corrected chi connectivity index (χ2v) is 3.63. The summed E-state index contributed by atoms with van der Waals surface area (Å²) in [7, 11) is 0. The van der Waals surface area contributed by atoms with Crippen LogP contribution in [0.5, 0.6) is 0 Å². The van der Waals surface area contributed by atoms with Gasteiger partial charge in [0, 0.05) is 10.6 Å². The monoisotopic (exact) mass is 228 g/mol. The maximum Gasteiger partial charge on any atom is 0.147 e. The molecule has 1 nitrogen and oxygen atoms in total. The molecular formula is C11H10Cl2O. The molecule has 0 heterocycles. The van der Waals surface area contributed by atoms with E-state index in [0.29, 0.717) is 22.0 Å². The zero-order valence-corrected chi connectivity index (χ0v) is 9.27. The zero-order chi connectivity index (χ0) is 10.6. The van der Waals surface area contributed by atoms with E-state index in [1.165, 1.54) is 0 Å². The third kappa shape index (κ3) is 2.60. The number of allylic oxidation sites excluding steroid dienone is 1. The van der Waals surface area contributed by atoms with Gasteiger partial charge in [-0.1, -0.05) is 42.3 Å². The van der Waals surface area contributed by atoms with Gasteiger partial charge in [-0.2, -0.15) is 0 Å². The maximum atomic E-state index is 10.6. The first kappa shape index (κ1) is 11.3. The molecule has 0 atom stereocenters. The van der Waals surface area contributed by atoms with Crippen molar-refractivity contribution < 1.29 is 4.79 Å². The third-order valence-corrected chi connectivity index (χ3v) is 2.62. The molecule has 0 aromatic heterocycles. The molecule has 0 unspecified atom stereocenters. The molecule has 0 aliphatic carbocycles. The van der Waals surface area contributed by atoms with E-state index in [1.807, 2.05) is 6.92 Å². The average molecular weight is 229 g/mol. The Kier molecular flexibility index (Phi) is 4.18. The number of hydrogen-bond acceptors (Lipinski definition) is 1. The fourth-order valence-electron chi connectivity index (χ4n) is 1.07. The molecule has 1 rings (SSSR count). The summed E-state index contributed by atoms with van der Waals surface area (Å²) in [5.41, 5.74) is 1.43. The number of halogens is 2. The SMILES string of the molecule is CCC(C=O)=C(Cl)c1ccc(Cl)cc1. The number of aldehydes is 1. The van der Waals surface area contributed by atoms with E-state index in [4.69, 9.17) is 23.2 Å². The first-order chi connectivity index (χ1) is 6.69. The molecule has 0 fully saturated rings. The Morgan fingerprint density at radius 2 is 1.93 bits per heavy atom. The molecule has 14 heavy (non-hydrogen) atoms. The number of hydrogen-bond donors (Lipinski definition) is 0. The topological polar surface area (TPSA) is 17.1 Å². The smallest absolute Gasteiger partial charge is 0.147 e. The lowest BCUT2D eigenvalue weighted by Crippen LogP contribution is -1.87. The van der Waals surface area contributed by atoms with Gasteiger partial charge >= 0.3 is 0 Å². The van der Waals surface area contributed by atoms with Gasteiger partial charge < -0.3 is 0 Å². The standard InChI is InChI=1S/C11H10Cl2O/c1-2-8(7-14)11(13)9-3-5-10(12)6-4-9/h3-7H,2H2,1H3.